The molecule has 14 heteroatoms. The van der Waals surface area contributed by atoms with Crippen LogP contribution in [0, 0.1) is 23.6 Å². The molecular formula is C34H43FN4O8S. The number of nitrogens with zero attached hydrogens (tertiary/aromatic N) is 2. The number of halogens is 1. The van der Waals surface area contributed by atoms with Gasteiger partial charge in [-0.05, 0) is 74.3 Å². The number of benzene rings is 2. The van der Waals surface area contributed by atoms with Crippen molar-refractivity contribution in [1.82, 2.24) is 14.6 Å². The van der Waals surface area contributed by atoms with E-state index >= 15 is 0 Å². The number of nitrogens with one attached hydrogen (secondary N) is 2. The van der Waals surface area contributed by atoms with Crippen LogP contribution in [-0.2, 0) is 30.7 Å². The Labute approximate surface area is 279 Å². The van der Waals surface area contributed by atoms with Crippen molar-refractivity contribution in [2.75, 3.05) is 32.1 Å². The summed E-state index contributed by atoms with van der Waals surface area (Å²) in [5, 5.41) is 6.19. The second kappa shape index (κ2) is 13.4. The van der Waals surface area contributed by atoms with Crippen molar-refractivity contribution in [3.05, 3.63) is 47.8 Å². The van der Waals surface area contributed by atoms with Gasteiger partial charge in [0, 0.05) is 43.1 Å². The largest absolute Gasteiger partial charge is 0.494 e. The summed E-state index contributed by atoms with van der Waals surface area (Å²) in [5.41, 5.74) is 1.67. The molecule has 260 valence electrons. The highest BCUT2D eigenvalue weighted by Gasteiger charge is 2.53. The summed E-state index contributed by atoms with van der Waals surface area (Å²) in [7, 11) is -2.57. The van der Waals surface area contributed by atoms with E-state index in [0.717, 1.165) is 31.2 Å². The topological polar surface area (TPSA) is 141 Å². The van der Waals surface area contributed by atoms with Crippen molar-refractivity contribution in [2.24, 2.45) is 17.8 Å². The van der Waals surface area contributed by atoms with E-state index in [1.54, 1.807) is 24.3 Å². The second-order valence-corrected chi connectivity index (χ2v) is 15.8. The van der Waals surface area contributed by atoms with Crippen LogP contribution in [0.2, 0.25) is 0 Å². The highest BCUT2D eigenvalue weighted by atomic mass is 32.2. The van der Waals surface area contributed by atoms with E-state index in [1.165, 1.54) is 23.5 Å². The van der Waals surface area contributed by atoms with Crippen molar-refractivity contribution in [1.29, 1.82) is 0 Å². The number of fused-ring (bicyclic) bond motifs is 3. The molecule has 3 aromatic rings. The number of ether oxygens (including phenoxy) is 4. The smallest absolute Gasteiger partial charge is 0.407 e. The first-order valence-corrected chi connectivity index (χ1v) is 18.2. The third-order valence-corrected chi connectivity index (χ3v) is 11.5. The zero-order valence-electron chi connectivity index (χ0n) is 27.4. The van der Waals surface area contributed by atoms with Gasteiger partial charge in [-0.2, -0.15) is 9.29 Å². The van der Waals surface area contributed by atoms with Crippen molar-refractivity contribution < 1.29 is 41.0 Å². The van der Waals surface area contributed by atoms with Gasteiger partial charge >= 0.3 is 6.09 Å². The molecule has 48 heavy (non-hydrogen) atoms. The zero-order chi connectivity index (χ0) is 33.6. The second-order valence-electron chi connectivity index (χ2n) is 13.9. The maximum absolute atomic E-state index is 14.2. The van der Waals surface area contributed by atoms with Gasteiger partial charge in [-0.25, -0.2) is 17.6 Å². The van der Waals surface area contributed by atoms with E-state index in [9.17, 15) is 17.6 Å². The van der Waals surface area contributed by atoms with Crippen LogP contribution in [0.15, 0.2) is 45.7 Å². The molecule has 0 radical (unpaired) electrons. The lowest BCUT2D eigenvalue weighted by atomic mass is 9.78. The molecule has 2 aliphatic heterocycles. The predicted molar refractivity (Wildman–Crippen MR) is 174 cm³/mol. The maximum atomic E-state index is 14.2. The van der Waals surface area contributed by atoms with Gasteiger partial charge in [0.2, 0.25) is 10.0 Å². The summed E-state index contributed by atoms with van der Waals surface area (Å²) >= 11 is 0. The van der Waals surface area contributed by atoms with E-state index in [4.69, 9.17) is 23.4 Å². The molecule has 2 N–H and O–H groups in total. The number of sulfonamides is 1. The molecule has 3 bridgehead atoms. The quantitative estimate of drug-likeness (QED) is 0.236. The minimum atomic E-state index is -3.96. The Morgan fingerprint density at radius 2 is 1.98 bits per heavy atom. The van der Waals surface area contributed by atoms with Gasteiger partial charge in [-0.1, -0.05) is 19.9 Å². The van der Waals surface area contributed by atoms with E-state index in [-0.39, 0.29) is 54.4 Å². The SMILES string of the molecule is COc1cc(CC(CCN(CC(C)C)S(=O)(=O)c2ccc3nc(NC4CC4)oc3c2)NC(=O)OC2C3COC4OC2CC4C3)ccc1F. The summed E-state index contributed by atoms with van der Waals surface area (Å²) in [4.78, 5) is 17.9. The Morgan fingerprint density at radius 1 is 1.15 bits per heavy atom. The van der Waals surface area contributed by atoms with Gasteiger partial charge in [-0.3, -0.25) is 0 Å². The number of carbonyl (C=O) groups excluding carboxylic acids is 1. The van der Waals surface area contributed by atoms with Crippen LogP contribution in [0.25, 0.3) is 11.1 Å². The molecule has 1 amide bonds. The van der Waals surface area contributed by atoms with Gasteiger partial charge in [-0.15, -0.1) is 0 Å². The minimum absolute atomic E-state index is 0.0276. The molecule has 2 saturated heterocycles. The number of oxazole rings is 1. The van der Waals surface area contributed by atoms with E-state index in [0.29, 0.717) is 42.1 Å². The number of amides is 1. The molecule has 4 fully saturated rings. The number of hydrogen-bond donors (Lipinski definition) is 2. The predicted octanol–water partition coefficient (Wildman–Crippen LogP) is 5.07. The van der Waals surface area contributed by atoms with E-state index < -0.39 is 34.1 Å². The summed E-state index contributed by atoms with van der Waals surface area (Å²) in [5.74, 6) is 0.00897. The number of alkyl carbamates (subject to hydrolysis) is 1. The fourth-order valence-electron chi connectivity index (χ4n) is 7.08. The zero-order valence-corrected chi connectivity index (χ0v) is 28.2. The Bertz CT molecular complexity index is 1740. The van der Waals surface area contributed by atoms with Crippen LogP contribution in [0.4, 0.5) is 15.2 Å². The Balaban J connectivity index is 1.09. The third kappa shape index (κ3) is 7.12. The van der Waals surface area contributed by atoms with Crippen molar-refractivity contribution in [3.63, 3.8) is 0 Å². The highest BCUT2D eigenvalue weighted by Crippen LogP contribution is 2.46. The van der Waals surface area contributed by atoms with Gasteiger partial charge in [0.15, 0.2) is 23.4 Å². The van der Waals surface area contributed by atoms with Gasteiger partial charge in [0.1, 0.15) is 11.6 Å². The fourth-order valence-corrected chi connectivity index (χ4v) is 8.72. The number of anilines is 1. The number of carbonyl (C=O) groups is 1. The molecule has 12 nitrogen and oxygen atoms in total. The molecule has 3 heterocycles. The lowest BCUT2D eigenvalue weighted by molar-refractivity contribution is -0.153. The van der Waals surface area contributed by atoms with Crippen molar-refractivity contribution >= 4 is 33.2 Å². The molecule has 6 atom stereocenters. The molecule has 7 rings (SSSR count). The maximum Gasteiger partial charge on any atom is 0.407 e. The molecule has 2 aliphatic carbocycles. The summed E-state index contributed by atoms with van der Waals surface area (Å²) in [6.07, 6.45) is 2.87. The van der Waals surface area contributed by atoms with Crippen LogP contribution >= 0.6 is 0 Å². The molecule has 1 aromatic heterocycles. The number of aromatic nitrogens is 1. The van der Waals surface area contributed by atoms with Crippen LogP contribution in [-0.4, -0.2) is 81.2 Å². The number of rotatable bonds is 14. The van der Waals surface area contributed by atoms with E-state index in [2.05, 4.69) is 15.6 Å². The number of hydrogen-bond acceptors (Lipinski definition) is 10. The Hall–Kier alpha value is -3.46. The minimum Gasteiger partial charge on any atom is -0.494 e. The Morgan fingerprint density at radius 3 is 2.75 bits per heavy atom. The van der Waals surface area contributed by atoms with Crippen LogP contribution in [0.5, 0.6) is 5.75 Å². The van der Waals surface area contributed by atoms with Gasteiger partial charge in [0.05, 0.1) is 24.7 Å². The summed E-state index contributed by atoms with van der Waals surface area (Å²) in [6.45, 7) is 4.76. The normalized spacial score (nSPS) is 25.5. The lowest BCUT2D eigenvalue weighted by Crippen LogP contribution is -2.48. The lowest BCUT2D eigenvalue weighted by Gasteiger charge is -2.36. The molecule has 0 spiro atoms. The Kier molecular flexibility index (Phi) is 9.26. The third-order valence-electron chi connectivity index (χ3n) is 9.60. The average molecular weight is 687 g/mol. The molecular weight excluding hydrogens is 643 g/mol. The first-order valence-electron chi connectivity index (χ1n) is 16.8. The number of methoxy groups -OCH3 is 1. The fraction of sp³-hybridized carbons (Fsp3) is 0.588. The molecule has 2 aromatic carbocycles. The monoisotopic (exact) mass is 686 g/mol. The standard InChI is InChI=1S/C34H43FN4O8S/c1-19(2)17-39(48(41,42)25-7-9-27-29(16-25)46-33(38-27)36-23-5-6-23)11-10-24(12-20-4-8-26(35)28(13-20)43-3)37-34(40)47-31-22-14-21-15-30(31)45-32(21)44-18-22/h4,7-9,13,16,19,21-24,30-32H,5-6,10-12,14-15,17-18H2,1-3H3,(H,36,38)(H,37,40). The van der Waals surface area contributed by atoms with E-state index in [1.807, 2.05) is 13.8 Å². The van der Waals surface area contributed by atoms with Crippen LogP contribution in [0.1, 0.15) is 51.5 Å². The molecule has 4 aliphatic rings. The molecule has 6 unspecified atom stereocenters. The highest BCUT2D eigenvalue weighted by molar-refractivity contribution is 7.89. The van der Waals surface area contributed by atoms with Gasteiger partial charge < -0.3 is 34.0 Å². The van der Waals surface area contributed by atoms with Crippen molar-refractivity contribution in [3.8, 4) is 5.75 Å². The first-order chi connectivity index (χ1) is 23.0. The average Bonchev–Trinajstić information content (AvgIpc) is 3.69. The molecule has 2 saturated carbocycles. The van der Waals surface area contributed by atoms with Crippen LogP contribution < -0.4 is 15.4 Å². The first kappa shape index (κ1) is 33.1. The van der Waals surface area contributed by atoms with Crippen LogP contribution in [0.3, 0.4) is 0 Å². The van der Waals surface area contributed by atoms with Gasteiger partial charge in [0.25, 0.3) is 6.01 Å². The summed E-state index contributed by atoms with van der Waals surface area (Å²) in [6, 6.07) is 9.42. The van der Waals surface area contributed by atoms with Crippen molar-refractivity contribution in [2.45, 2.75) is 87.8 Å². The summed E-state index contributed by atoms with van der Waals surface area (Å²) < 4.78 is 72.6.